The Morgan fingerprint density at radius 3 is 1.35 bits per heavy atom. The molecular formula is C49H68N6O20. The smallest absolute Gasteiger partial charge is 0.330 e. The maximum Gasteiger partial charge on any atom is 0.330 e. The molecule has 0 bridgehead atoms. The number of aliphatic hydroxyl groups is 3. The summed E-state index contributed by atoms with van der Waals surface area (Å²) >= 11 is 0. The standard InChI is InChI=1S/C20H28N2O7.C17H24N2O7.C12H16N2O6/c1-4-5-6-7-8-9-15(24)26-12-13-16-17(29-20(2,3)28-16)18(27-13)22-11-10-14(23)21-19(22)25;1-2-3-4-5-6-7-13(21)25-10-11-14(22)15(23)16(26-11)19-9-8-12(20)18-17(19)24;1-12(2)19-8-6(5-15)18-10(9(8)20-12)14-4-3-7(16)13-11(14)17/h5-6,10-11,13,16-18H,4,7-9,12H2,1-3H3,(H,21,23,25);3-4,8-9,11,14-16,22-23H,2,5-7,10H2,1H3,(H,18,20,24);3-4,6,8-10,15H,5H2,1-2H3,(H,13,16,17)/b6-5-;4-3-;/t13-,16-,17-,18-;11-,14-,15-,16-;6-,8-,9-,10-/m111/s1. The molecule has 5 fully saturated rings. The normalized spacial score (nSPS) is 29.1. The first kappa shape index (κ1) is 58.3. The van der Waals surface area contributed by atoms with Crippen LogP contribution < -0.4 is 33.7 Å². The number of nitrogens with zero attached hydrogens (tertiary/aromatic N) is 3. The Kier molecular flexibility index (Phi) is 20.4. The molecule has 0 saturated carbocycles. The highest BCUT2D eigenvalue weighted by atomic mass is 16.8. The first-order chi connectivity index (χ1) is 35.6. The summed E-state index contributed by atoms with van der Waals surface area (Å²) in [6.07, 6.45) is 7.81. The van der Waals surface area contributed by atoms with Crippen molar-refractivity contribution in [2.45, 2.75) is 178 Å². The molecule has 0 radical (unpaired) electrons. The number of aliphatic hydroxyl groups excluding tert-OH is 3. The third kappa shape index (κ3) is 15.4. The van der Waals surface area contributed by atoms with E-state index in [-0.39, 0.29) is 32.2 Å². The Morgan fingerprint density at radius 1 is 0.560 bits per heavy atom. The summed E-state index contributed by atoms with van der Waals surface area (Å²) in [4.78, 5) is 99.5. The summed E-state index contributed by atoms with van der Waals surface area (Å²) in [5, 5.41) is 29.5. The van der Waals surface area contributed by atoms with Gasteiger partial charge in [-0.25, -0.2) is 14.4 Å². The number of allylic oxidation sites excluding steroid dienone is 4. The number of hydrogen-bond acceptors (Lipinski definition) is 20. The van der Waals surface area contributed by atoms with Crippen molar-refractivity contribution >= 4 is 11.9 Å². The molecule has 5 saturated heterocycles. The van der Waals surface area contributed by atoms with Crippen LogP contribution in [-0.2, 0) is 52.2 Å². The number of rotatable bonds is 18. The monoisotopic (exact) mass is 1060 g/mol. The lowest BCUT2D eigenvalue weighted by Crippen LogP contribution is -2.37. The minimum atomic E-state index is -1.40. The molecule has 26 nitrogen and oxygen atoms in total. The Morgan fingerprint density at radius 2 is 0.933 bits per heavy atom. The molecule has 3 aromatic rings. The van der Waals surface area contributed by atoms with E-state index in [1.54, 1.807) is 27.7 Å². The summed E-state index contributed by atoms with van der Waals surface area (Å²) in [7, 11) is 0. The van der Waals surface area contributed by atoms with Gasteiger partial charge >= 0.3 is 29.0 Å². The summed E-state index contributed by atoms with van der Waals surface area (Å²) in [5.41, 5.74) is -3.53. The third-order valence-corrected chi connectivity index (χ3v) is 12.3. The van der Waals surface area contributed by atoms with Crippen LogP contribution in [0.1, 0.15) is 112 Å². The molecule has 26 heteroatoms. The van der Waals surface area contributed by atoms with Gasteiger partial charge in [0.25, 0.3) is 16.7 Å². The van der Waals surface area contributed by atoms with E-state index in [4.69, 9.17) is 42.6 Å². The lowest BCUT2D eigenvalue weighted by molar-refractivity contribution is -0.203. The van der Waals surface area contributed by atoms with E-state index < -0.39 is 125 Å². The van der Waals surface area contributed by atoms with Crippen LogP contribution in [0.15, 0.2) is 89.9 Å². The zero-order valence-electron chi connectivity index (χ0n) is 42.6. The molecule has 8 heterocycles. The minimum absolute atomic E-state index is 0.00115. The van der Waals surface area contributed by atoms with Gasteiger partial charge in [0.15, 0.2) is 30.3 Å². The number of ether oxygens (including phenoxy) is 9. The fraction of sp³-hybridized carbons (Fsp3) is 0.633. The van der Waals surface area contributed by atoms with Gasteiger partial charge in [-0.2, -0.15) is 0 Å². The van der Waals surface area contributed by atoms with Crippen molar-refractivity contribution < 1.29 is 67.5 Å². The van der Waals surface area contributed by atoms with Gasteiger partial charge in [0.2, 0.25) is 0 Å². The topological polar surface area (TPSA) is 342 Å². The fourth-order valence-electron chi connectivity index (χ4n) is 8.82. The Labute approximate surface area is 428 Å². The lowest BCUT2D eigenvalue weighted by atomic mass is 10.1. The summed E-state index contributed by atoms with van der Waals surface area (Å²) in [6.45, 7) is 10.7. The highest BCUT2D eigenvalue weighted by molar-refractivity contribution is 5.69. The molecule has 8 rings (SSSR count). The van der Waals surface area contributed by atoms with Crippen LogP contribution in [-0.4, -0.2) is 142 Å². The number of unbranched alkanes of at least 4 members (excludes halogenated alkanes) is 2. The second-order valence-electron chi connectivity index (χ2n) is 19.0. The first-order valence-electron chi connectivity index (χ1n) is 24.9. The van der Waals surface area contributed by atoms with Crippen LogP contribution in [0.5, 0.6) is 0 Å². The molecule has 0 spiro atoms. The van der Waals surface area contributed by atoms with E-state index in [2.05, 4.69) is 29.0 Å². The number of hydrogen-bond donors (Lipinski definition) is 6. The SMILES string of the molecule is CC/C=C\CCCC(=O)OC[C@H]1O[C@@H](n2ccc(=O)[nH]c2=O)[C@@H]2OC(C)(C)O[C@@H]21.CC/C=C\CCCC(=O)OC[C@H]1O[C@@H](n2ccc(=O)[nH]c2=O)[C@H](O)[C@@H]1O.CC1(C)O[C@@H]2[C@H](O1)[C@@H](CO)O[C@H]2n1ccc(=O)[nH]c1=O. The van der Waals surface area contributed by atoms with Crippen LogP contribution in [0, 0.1) is 0 Å². The summed E-state index contributed by atoms with van der Waals surface area (Å²) in [6, 6.07) is 3.57. The van der Waals surface area contributed by atoms with Crippen molar-refractivity contribution in [3.8, 4) is 0 Å². The van der Waals surface area contributed by atoms with Crippen LogP contribution in [0.3, 0.4) is 0 Å². The Balaban J connectivity index is 0.000000186. The molecule has 75 heavy (non-hydrogen) atoms. The number of esters is 2. The van der Waals surface area contributed by atoms with Crippen molar-refractivity contribution in [2.75, 3.05) is 19.8 Å². The van der Waals surface area contributed by atoms with E-state index >= 15 is 0 Å². The maximum atomic E-state index is 12.2. The molecule has 12 atom stereocenters. The molecule has 0 aromatic carbocycles. The first-order valence-corrected chi connectivity index (χ1v) is 24.9. The van der Waals surface area contributed by atoms with E-state index in [9.17, 15) is 53.7 Å². The molecule has 6 N–H and O–H groups in total. The Hall–Kier alpha value is -5.94. The quantitative estimate of drug-likeness (QED) is 0.0571. The minimum Gasteiger partial charge on any atom is -0.463 e. The van der Waals surface area contributed by atoms with Crippen molar-refractivity contribution in [3.63, 3.8) is 0 Å². The van der Waals surface area contributed by atoms with Gasteiger partial charge in [0, 0.05) is 49.6 Å². The summed E-state index contributed by atoms with van der Waals surface area (Å²) in [5.74, 6) is -2.41. The highest BCUT2D eigenvalue weighted by Crippen LogP contribution is 2.44. The van der Waals surface area contributed by atoms with Gasteiger partial charge in [0.1, 0.15) is 68.1 Å². The number of carbonyl (C=O) groups excluding carboxylic acids is 2. The van der Waals surface area contributed by atoms with E-state index in [1.165, 1.54) is 39.9 Å². The van der Waals surface area contributed by atoms with Crippen LogP contribution in [0.2, 0.25) is 0 Å². The number of H-pyrrole nitrogens is 3. The molecular weight excluding hydrogens is 993 g/mol. The van der Waals surface area contributed by atoms with Crippen molar-refractivity contribution in [1.29, 1.82) is 0 Å². The zero-order valence-corrected chi connectivity index (χ0v) is 42.6. The summed E-state index contributed by atoms with van der Waals surface area (Å²) < 4.78 is 54.2. The number of nitrogens with one attached hydrogen (secondary N) is 3. The second kappa shape index (κ2) is 26.2. The van der Waals surface area contributed by atoms with Crippen LogP contribution in [0.25, 0.3) is 0 Å². The molecule has 0 unspecified atom stereocenters. The average molecular weight is 1060 g/mol. The van der Waals surface area contributed by atoms with Gasteiger partial charge in [-0.15, -0.1) is 0 Å². The highest BCUT2D eigenvalue weighted by Gasteiger charge is 2.57. The van der Waals surface area contributed by atoms with E-state index in [0.717, 1.165) is 42.7 Å². The van der Waals surface area contributed by atoms with Crippen molar-refractivity contribution in [2.24, 2.45) is 0 Å². The average Bonchev–Trinajstić information content (AvgIpc) is 4.12. The molecule has 0 amide bonds. The van der Waals surface area contributed by atoms with E-state index in [0.29, 0.717) is 12.8 Å². The molecule has 5 aliphatic rings. The second-order valence-corrected chi connectivity index (χ2v) is 19.0. The van der Waals surface area contributed by atoms with Gasteiger partial charge in [-0.05, 0) is 66.2 Å². The van der Waals surface area contributed by atoms with E-state index in [1.807, 2.05) is 24.1 Å². The van der Waals surface area contributed by atoms with Crippen LogP contribution in [0.4, 0.5) is 0 Å². The third-order valence-electron chi connectivity index (χ3n) is 12.3. The van der Waals surface area contributed by atoms with Crippen LogP contribution >= 0.6 is 0 Å². The molecule has 414 valence electrons. The van der Waals surface area contributed by atoms with Gasteiger partial charge in [-0.1, -0.05) is 38.2 Å². The molecule has 0 aliphatic carbocycles. The van der Waals surface area contributed by atoms with Gasteiger partial charge < -0.3 is 58.0 Å². The fourth-order valence-corrected chi connectivity index (χ4v) is 8.82. The largest absolute Gasteiger partial charge is 0.463 e. The predicted octanol–water partition coefficient (Wildman–Crippen LogP) is 0.416. The Bertz CT molecular complexity index is 2810. The van der Waals surface area contributed by atoms with Gasteiger partial charge in [0.05, 0.1) is 6.61 Å². The molecule has 3 aromatic heterocycles. The maximum absolute atomic E-state index is 12.2. The van der Waals surface area contributed by atoms with Gasteiger partial charge in [-0.3, -0.25) is 52.6 Å². The van der Waals surface area contributed by atoms with Crippen molar-refractivity contribution in [1.82, 2.24) is 28.7 Å². The lowest BCUT2D eigenvalue weighted by Gasteiger charge is -2.24. The number of aromatic nitrogens is 6. The number of fused-ring (bicyclic) bond motifs is 2. The number of carbonyl (C=O) groups is 2. The molecule has 5 aliphatic heterocycles. The zero-order chi connectivity index (χ0) is 54.6. The van der Waals surface area contributed by atoms with Crippen molar-refractivity contribution in [3.05, 3.63) is 124 Å². The number of aromatic amines is 3. The predicted molar refractivity (Wildman–Crippen MR) is 261 cm³/mol.